The van der Waals surface area contributed by atoms with Crippen LogP contribution in [0.1, 0.15) is 27.2 Å². The molecule has 1 aromatic heterocycles. The van der Waals surface area contributed by atoms with Crippen molar-refractivity contribution in [1.29, 1.82) is 0 Å². The Hall–Kier alpha value is -2.11. The Bertz CT molecular complexity index is 531. The second-order valence-corrected chi connectivity index (χ2v) is 5.32. The third-order valence-electron chi connectivity index (χ3n) is 3.46. The standard InChI is InChI=1S/C15H21N3O3/c1-4-21-15-12(6-5-7-16-15)17-14(20)11-8-13(19)18(9-11)10(2)3/h5-7,10-11H,4,8-9H2,1-3H3,(H,17,20). The number of hydrogen-bond acceptors (Lipinski definition) is 4. The molecule has 1 atom stereocenters. The van der Waals surface area contributed by atoms with Gasteiger partial charge in [-0.2, -0.15) is 0 Å². The zero-order valence-electron chi connectivity index (χ0n) is 12.6. The molecule has 21 heavy (non-hydrogen) atoms. The van der Waals surface area contributed by atoms with E-state index in [1.807, 2.05) is 20.8 Å². The molecule has 1 aromatic rings. The minimum Gasteiger partial charge on any atom is -0.476 e. The second kappa shape index (κ2) is 6.56. The minimum absolute atomic E-state index is 0.0290. The van der Waals surface area contributed by atoms with Crippen molar-refractivity contribution < 1.29 is 14.3 Å². The second-order valence-electron chi connectivity index (χ2n) is 5.32. The molecule has 114 valence electrons. The molecule has 0 radical (unpaired) electrons. The molecule has 0 saturated carbocycles. The van der Waals surface area contributed by atoms with E-state index in [4.69, 9.17) is 4.74 Å². The molecule has 0 aromatic carbocycles. The number of carbonyl (C=O) groups excluding carboxylic acids is 2. The number of likely N-dealkylation sites (tertiary alicyclic amines) is 1. The molecular formula is C15H21N3O3. The number of pyridine rings is 1. The normalized spacial score (nSPS) is 18.2. The van der Waals surface area contributed by atoms with Crippen molar-refractivity contribution in [1.82, 2.24) is 9.88 Å². The molecule has 1 aliphatic rings. The Morgan fingerprint density at radius 1 is 1.57 bits per heavy atom. The first-order valence-corrected chi connectivity index (χ1v) is 7.21. The first-order valence-electron chi connectivity index (χ1n) is 7.21. The van der Waals surface area contributed by atoms with Gasteiger partial charge >= 0.3 is 0 Å². The average molecular weight is 291 g/mol. The highest BCUT2D eigenvalue weighted by atomic mass is 16.5. The fraction of sp³-hybridized carbons (Fsp3) is 0.533. The maximum absolute atomic E-state index is 12.3. The van der Waals surface area contributed by atoms with Crippen molar-refractivity contribution in [2.75, 3.05) is 18.5 Å². The van der Waals surface area contributed by atoms with Crippen molar-refractivity contribution >= 4 is 17.5 Å². The van der Waals surface area contributed by atoms with E-state index in [0.29, 0.717) is 24.7 Å². The molecule has 1 unspecified atom stereocenters. The van der Waals surface area contributed by atoms with E-state index in [0.717, 1.165) is 0 Å². The van der Waals surface area contributed by atoms with Gasteiger partial charge in [0.15, 0.2) is 0 Å². The maximum atomic E-state index is 12.3. The van der Waals surface area contributed by atoms with Gasteiger partial charge < -0.3 is 15.0 Å². The quantitative estimate of drug-likeness (QED) is 0.896. The number of carbonyl (C=O) groups is 2. The summed E-state index contributed by atoms with van der Waals surface area (Å²) in [6.45, 7) is 6.70. The third-order valence-corrected chi connectivity index (χ3v) is 3.46. The van der Waals surface area contributed by atoms with Crippen LogP contribution in [-0.2, 0) is 9.59 Å². The number of nitrogens with zero attached hydrogens (tertiary/aromatic N) is 2. The number of hydrogen-bond donors (Lipinski definition) is 1. The van der Waals surface area contributed by atoms with Gasteiger partial charge in [-0.3, -0.25) is 9.59 Å². The minimum atomic E-state index is -0.324. The van der Waals surface area contributed by atoms with E-state index in [2.05, 4.69) is 10.3 Å². The molecule has 0 bridgehead atoms. The van der Waals surface area contributed by atoms with Gasteiger partial charge in [0.2, 0.25) is 17.7 Å². The molecule has 2 heterocycles. The number of amides is 2. The van der Waals surface area contributed by atoms with Crippen LogP contribution in [0.3, 0.4) is 0 Å². The lowest BCUT2D eigenvalue weighted by molar-refractivity contribution is -0.129. The molecule has 1 saturated heterocycles. The van der Waals surface area contributed by atoms with Gasteiger partial charge in [0.05, 0.1) is 12.5 Å². The smallest absolute Gasteiger partial charge is 0.237 e. The summed E-state index contributed by atoms with van der Waals surface area (Å²) in [5.74, 6) is -0.0604. The summed E-state index contributed by atoms with van der Waals surface area (Å²) in [4.78, 5) is 30.0. The van der Waals surface area contributed by atoms with Gasteiger partial charge in [0.1, 0.15) is 5.69 Å². The highest BCUT2D eigenvalue weighted by molar-refractivity contribution is 5.97. The number of aromatic nitrogens is 1. The molecule has 6 nitrogen and oxygen atoms in total. The van der Waals surface area contributed by atoms with Crippen molar-refractivity contribution in [3.8, 4) is 5.88 Å². The van der Waals surface area contributed by atoms with Crippen LogP contribution in [0.25, 0.3) is 0 Å². The van der Waals surface area contributed by atoms with Gasteiger partial charge in [0.25, 0.3) is 0 Å². The van der Waals surface area contributed by atoms with Gasteiger partial charge in [0, 0.05) is 25.2 Å². The third kappa shape index (κ3) is 3.51. The zero-order chi connectivity index (χ0) is 15.4. The molecule has 0 aliphatic carbocycles. The van der Waals surface area contributed by atoms with Crippen molar-refractivity contribution in [2.24, 2.45) is 5.92 Å². The molecule has 6 heteroatoms. The first kappa shape index (κ1) is 15.3. The molecule has 1 aliphatic heterocycles. The Kier molecular flexibility index (Phi) is 4.77. The summed E-state index contributed by atoms with van der Waals surface area (Å²) in [7, 11) is 0. The lowest BCUT2D eigenvalue weighted by Crippen LogP contribution is -2.33. The predicted molar refractivity (Wildman–Crippen MR) is 79.0 cm³/mol. The van der Waals surface area contributed by atoms with Crippen LogP contribution in [0.5, 0.6) is 5.88 Å². The van der Waals surface area contributed by atoms with Crippen molar-refractivity contribution in [3.05, 3.63) is 18.3 Å². The summed E-state index contributed by atoms with van der Waals surface area (Å²) in [6, 6.07) is 3.60. The summed E-state index contributed by atoms with van der Waals surface area (Å²) in [6.07, 6.45) is 1.87. The zero-order valence-corrected chi connectivity index (χ0v) is 12.6. The van der Waals surface area contributed by atoms with E-state index in [9.17, 15) is 9.59 Å². The fourth-order valence-corrected chi connectivity index (χ4v) is 2.38. The molecule has 1 fully saturated rings. The average Bonchev–Trinajstić information content (AvgIpc) is 2.83. The maximum Gasteiger partial charge on any atom is 0.237 e. The van der Waals surface area contributed by atoms with Crippen LogP contribution < -0.4 is 10.1 Å². The van der Waals surface area contributed by atoms with Crippen LogP contribution in [-0.4, -0.2) is 40.9 Å². The predicted octanol–water partition coefficient (Wildman–Crippen LogP) is 1.68. The lowest BCUT2D eigenvalue weighted by Gasteiger charge is -2.20. The van der Waals surface area contributed by atoms with Crippen LogP contribution in [0.2, 0.25) is 0 Å². The molecule has 1 N–H and O–H groups in total. The summed E-state index contributed by atoms with van der Waals surface area (Å²) < 4.78 is 5.38. The number of rotatable bonds is 5. The van der Waals surface area contributed by atoms with Gasteiger partial charge in [-0.05, 0) is 32.9 Å². The summed E-state index contributed by atoms with van der Waals surface area (Å²) >= 11 is 0. The summed E-state index contributed by atoms with van der Waals surface area (Å²) in [5, 5.41) is 2.81. The van der Waals surface area contributed by atoms with Crippen molar-refractivity contribution in [2.45, 2.75) is 33.2 Å². The van der Waals surface area contributed by atoms with Gasteiger partial charge in [-0.1, -0.05) is 0 Å². The summed E-state index contributed by atoms with van der Waals surface area (Å²) in [5.41, 5.74) is 0.541. The number of anilines is 1. The Morgan fingerprint density at radius 3 is 2.95 bits per heavy atom. The van der Waals surface area contributed by atoms with Crippen LogP contribution >= 0.6 is 0 Å². The first-order chi connectivity index (χ1) is 10.0. The Balaban J connectivity index is 2.04. The highest BCUT2D eigenvalue weighted by Crippen LogP contribution is 2.25. The molecule has 2 amide bonds. The highest BCUT2D eigenvalue weighted by Gasteiger charge is 2.35. The fourth-order valence-electron chi connectivity index (χ4n) is 2.38. The number of ether oxygens (including phenoxy) is 1. The van der Waals surface area contributed by atoms with Crippen LogP contribution in [0, 0.1) is 5.92 Å². The Labute approximate surface area is 124 Å². The lowest BCUT2D eigenvalue weighted by atomic mass is 10.1. The molecule has 0 spiro atoms. The topological polar surface area (TPSA) is 71.5 Å². The van der Waals surface area contributed by atoms with E-state index in [1.54, 1.807) is 23.2 Å². The monoisotopic (exact) mass is 291 g/mol. The van der Waals surface area contributed by atoms with Crippen LogP contribution in [0.4, 0.5) is 5.69 Å². The van der Waals surface area contributed by atoms with E-state index >= 15 is 0 Å². The number of nitrogens with one attached hydrogen (secondary N) is 1. The van der Waals surface area contributed by atoms with E-state index in [1.165, 1.54) is 0 Å². The van der Waals surface area contributed by atoms with Gasteiger partial charge in [-0.25, -0.2) is 4.98 Å². The van der Waals surface area contributed by atoms with E-state index in [-0.39, 0.29) is 30.2 Å². The largest absolute Gasteiger partial charge is 0.476 e. The SMILES string of the molecule is CCOc1ncccc1NC(=O)C1CC(=O)N(C(C)C)C1. The molecule has 2 rings (SSSR count). The van der Waals surface area contributed by atoms with Crippen LogP contribution in [0.15, 0.2) is 18.3 Å². The molecular weight excluding hydrogens is 270 g/mol. The van der Waals surface area contributed by atoms with E-state index < -0.39 is 0 Å². The Morgan fingerprint density at radius 2 is 2.33 bits per heavy atom. The van der Waals surface area contributed by atoms with Crippen molar-refractivity contribution in [3.63, 3.8) is 0 Å². The van der Waals surface area contributed by atoms with Gasteiger partial charge in [-0.15, -0.1) is 0 Å².